The molecule has 0 bridgehead atoms. The molecule has 0 aliphatic rings. The van der Waals surface area contributed by atoms with E-state index in [0.717, 1.165) is 5.69 Å². The van der Waals surface area contributed by atoms with Crippen molar-refractivity contribution in [2.75, 3.05) is 18.1 Å². The highest BCUT2D eigenvalue weighted by atomic mass is 35.5. The second-order valence-corrected chi connectivity index (χ2v) is 5.05. The van der Waals surface area contributed by atoms with Crippen LogP contribution in [0.25, 0.3) is 0 Å². The molecule has 0 fully saturated rings. The van der Waals surface area contributed by atoms with Gasteiger partial charge in [0, 0.05) is 18.4 Å². The predicted octanol–water partition coefficient (Wildman–Crippen LogP) is 3.82. The standard InChI is InChI=1S/C15H14Cl2N2O2/c1-2-19(12-6-4-3-5-7-12)14(20)10-21-15-13(17)8-11(16)9-18-15/h3-9H,2,10H2,1H3. The molecule has 2 aromatic rings. The Labute approximate surface area is 133 Å². The van der Waals surface area contributed by atoms with E-state index in [1.54, 1.807) is 4.90 Å². The molecular weight excluding hydrogens is 311 g/mol. The van der Waals surface area contributed by atoms with Crippen LogP contribution in [0.5, 0.6) is 5.88 Å². The minimum absolute atomic E-state index is 0.142. The average molecular weight is 325 g/mol. The summed E-state index contributed by atoms with van der Waals surface area (Å²) in [6, 6.07) is 10.9. The van der Waals surface area contributed by atoms with Crippen molar-refractivity contribution in [1.29, 1.82) is 0 Å². The van der Waals surface area contributed by atoms with Crippen LogP contribution in [-0.4, -0.2) is 24.0 Å². The SMILES string of the molecule is CCN(C(=O)COc1ncc(Cl)cc1Cl)c1ccccc1. The van der Waals surface area contributed by atoms with Crippen molar-refractivity contribution < 1.29 is 9.53 Å². The van der Waals surface area contributed by atoms with E-state index in [1.165, 1.54) is 12.3 Å². The Balaban J connectivity index is 2.03. The van der Waals surface area contributed by atoms with E-state index in [1.807, 2.05) is 37.3 Å². The van der Waals surface area contributed by atoms with Gasteiger partial charge in [0.1, 0.15) is 5.02 Å². The molecule has 4 nitrogen and oxygen atoms in total. The van der Waals surface area contributed by atoms with Crippen LogP contribution < -0.4 is 9.64 Å². The number of para-hydroxylation sites is 1. The van der Waals surface area contributed by atoms with E-state index in [0.29, 0.717) is 11.6 Å². The summed E-state index contributed by atoms with van der Waals surface area (Å²) in [5.41, 5.74) is 0.823. The molecule has 0 saturated heterocycles. The van der Waals surface area contributed by atoms with Crippen molar-refractivity contribution in [3.8, 4) is 5.88 Å². The highest BCUT2D eigenvalue weighted by molar-refractivity contribution is 6.35. The Morgan fingerprint density at radius 3 is 2.62 bits per heavy atom. The molecule has 1 amide bonds. The summed E-state index contributed by atoms with van der Waals surface area (Å²) < 4.78 is 5.36. The summed E-state index contributed by atoms with van der Waals surface area (Å²) >= 11 is 11.7. The second kappa shape index (κ2) is 7.29. The second-order valence-electron chi connectivity index (χ2n) is 4.20. The van der Waals surface area contributed by atoms with Gasteiger partial charge in [0.15, 0.2) is 6.61 Å². The minimum atomic E-state index is -0.170. The quantitative estimate of drug-likeness (QED) is 0.839. The van der Waals surface area contributed by atoms with E-state index >= 15 is 0 Å². The van der Waals surface area contributed by atoms with Crippen LogP contribution >= 0.6 is 23.2 Å². The number of aromatic nitrogens is 1. The topological polar surface area (TPSA) is 42.4 Å². The number of amides is 1. The van der Waals surface area contributed by atoms with Crippen molar-refractivity contribution in [2.24, 2.45) is 0 Å². The van der Waals surface area contributed by atoms with Crippen LogP contribution in [-0.2, 0) is 4.79 Å². The first-order chi connectivity index (χ1) is 10.1. The van der Waals surface area contributed by atoms with E-state index < -0.39 is 0 Å². The zero-order chi connectivity index (χ0) is 15.2. The Morgan fingerprint density at radius 1 is 1.29 bits per heavy atom. The Hall–Kier alpha value is -1.78. The zero-order valence-electron chi connectivity index (χ0n) is 11.4. The monoisotopic (exact) mass is 324 g/mol. The Bertz CT molecular complexity index is 620. The lowest BCUT2D eigenvalue weighted by atomic mass is 10.3. The van der Waals surface area contributed by atoms with Crippen LogP contribution in [0.2, 0.25) is 10.0 Å². The average Bonchev–Trinajstić information content (AvgIpc) is 2.48. The molecule has 0 radical (unpaired) electrons. The van der Waals surface area contributed by atoms with Gasteiger partial charge in [-0.05, 0) is 25.1 Å². The summed E-state index contributed by atoms with van der Waals surface area (Å²) in [6.45, 7) is 2.31. The van der Waals surface area contributed by atoms with Gasteiger partial charge in [-0.25, -0.2) is 4.98 Å². The minimum Gasteiger partial charge on any atom is -0.466 e. The smallest absolute Gasteiger partial charge is 0.264 e. The number of carbonyl (C=O) groups excluding carboxylic acids is 1. The summed E-state index contributed by atoms with van der Waals surface area (Å²) in [5, 5.41) is 0.691. The van der Waals surface area contributed by atoms with E-state index in [-0.39, 0.29) is 23.4 Å². The highest BCUT2D eigenvalue weighted by Gasteiger charge is 2.15. The Morgan fingerprint density at radius 2 is 2.00 bits per heavy atom. The number of pyridine rings is 1. The summed E-state index contributed by atoms with van der Waals surface area (Å²) in [7, 11) is 0. The van der Waals surface area contributed by atoms with Gasteiger partial charge in [-0.15, -0.1) is 0 Å². The lowest BCUT2D eigenvalue weighted by molar-refractivity contribution is -0.120. The van der Waals surface area contributed by atoms with E-state index in [2.05, 4.69) is 4.98 Å². The van der Waals surface area contributed by atoms with Crippen molar-refractivity contribution in [3.63, 3.8) is 0 Å². The largest absolute Gasteiger partial charge is 0.466 e. The summed E-state index contributed by atoms with van der Waals surface area (Å²) in [4.78, 5) is 17.8. The number of benzene rings is 1. The van der Waals surface area contributed by atoms with Crippen LogP contribution in [0, 0.1) is 0 Å². The maximum Gasteiger partial charge on any atom is 0.264 e. The van der Waals surface area contributed by atoms with Crippen LogP contribution in [0.15, 0.2) is 42.6 Å². The Kier molecular flexibility index (Phi) is 5.42. The molecule has 0 saturated carbocycles. The fraction of sp³-hybridized carbons (Fsp3) is 0.200. The molecule has 0 aliphatic carbocycles. The molecule has 2 rings (SSSR count). The molecule has 0 unspecified atom stereocenters. The van der Waals surface area contributed by atoms with Crippen LogP contribution in [0.3, 0.4) is 0 Å². The van der Waals surface area contributed by atoms with Crippen LogP contribution in [0.1, 0.15) is 6.92 Å². The van der Waals surface area contributed by atoms with E-state index in [9.17, 15) is 4.79 Å². The number of halogens is 2. The fourth-order valence-corrected chi connectivity index (χ4v) is 2.26. The zero-order valence-corrected chi connectivity index (χ0v) is 12.9. The highest BCUT2D eigenvalue weighted by Crippen LogP contribution is 2.24. The molecule has 1 heterocycles. The first-order valence-corrected chi connectivity index (χ1v) is 7.16. The fourth-order valence-electron chi connectivity index (χ4n) is 1.83. The van der Waals surface area contributed by atoms with Crippen molar-refractivity contribution in [2.45, 2.75) is 6.92 Å². The number of likely N-dealkylation sites (N-methyl/N-ethyl adjacent to an activating group) is 1. The number of anilines is 1. The third-order valence-electron chi connectivity index (χ3n) is 2.79. The first-order valence-electron chi connectivity index (χ1n) is 6.41. The molecule has 0 atom stereocenters. The number of carbonyl (C=O) groups is 1. The maximum atomic E-state index is 12.2. The van der Waals surface area contributed by atoms with Crippen molar-refractivity contribution in [3.05, 3.63) is 52.6 Å². The van der Waals surface area contributed by atoms with Crippen molar-refractivity contribution in [1.82, 2.24) is 4.98 Å². The number of hydrogen-bond acceptors (Lipinski definition) is 3. The van der Waals surface area contributed by atoms with Gasteiger partial charge in [-0.1, -0.05) is 41.4 Å². The lowest BCUT2D eigenvalue weighted by Crippen LogP contribution is -2.34. The van der Waals surface area contributed by atoms with Gasteiger partial charge in [-0.3, -0.25) is 4.79 Å². The lowest BCUT2D eigenvalue weighted by Gasteiger charge is -2.21. The number of ether oxygens (including phenoxy) is 1. The van der Waals surface area contributed by atoms with Gasteiger partial charge in [-0.2, -0.15) is 0 Å². The molecule has 21 heavy (non-hydrogen) atoms. The molecule has 110 valence electrons. The van der Waals surface area contributed by atoms with Gasteiger partial charge < -0.3 is 9.64 Å². The molecule has 0 spiro atoms. The third kappa shape index (κ3) is 4.09. The maximum absolute atomic E-state index is 12.2. The van der Waals surface area contributed by atoms with Gasteiger partial charge in [0.05, 0.1) is 5.02 Å². The molecule has 0 aliphatic heterocycles. The molecule has 1 aromatic heterocycles. The summed E-state index contributed by atoms with van der Waals surface area (Å²) in [5.74, 6) is 0.0232. The summed E-state index contributed by atoms with van der Waals surface area (Å²) in [6.07, 6.45) is 1.42. The number of nitrogens with zero attached hydrogens (tertiary/aromatic N) is 2. The predicted molar refractivity (Wildman–Crippen MR) is 84.2 cm³/mol. The van der Waals surface area contributed by atoms with Gasteiger partial charge in [0.25, 0.3) is 5.91 Å². The first kappa shape index (κ1) is 15.6. The third-order valence-corrected chi connectivity index (χ3v) is 3.27. The van der Waals surface area contributed by atoms with Crippen LogP contribution in [0.4, 0.5) is 5.69 Å². The molecule has 0 N–H and O–H groups in total. The van der Waals surface area contributed by atoms with Gasteiger partial charge >= 0.3 is 0 Å². The van der Waals surface area contributed by atoms with Gasteiger partial charge in [0.2, 0.25) is 5.88 Å². The number of rotatable bonds is 5. The normalized spacial score (nSPS) is 10.2. The van der Waals surface area contributed by atoms with Crippen molar-refractivity contribution >= 4 is 34.8 Å². The molecular formula is C15H14Cl2N2O2. The molecule has 1 aromatic carbocycles. The molecule has 6 heteroatoms. The number of hydrogen-bond donors (Lipinski definition) is 0. The van der Waals surface area contributed by atoms with E-state index in [4.69, 9.17) is 27.9 Å².